The van der Waals surface area contributed by atoms with Gasteiger partial charge in [0.2, 0.25) is 17.7 Å². The molecule has 13 heteroatoms. The maximum absolute atomic E-state index is 12.5. The molecule has 248 valence electrons. The third kappa shape index (κ3) is 9.19. The van der Waals surface area contributed by atoms with E-state index in [2.05, 4.69) is 12.2 Å². The summed E-state index contributed by atoms with van der Waals surface area (Å²) in [5.41, 5.74) is 0.139. The molecule has 1 aromatic heterocycles. The monoisotopic (exact) mass is 632 g/mol. The number of aliphatic hydroxyl groups excluding tert-OH is 1. The second-order valence-electron chi connectivity index (χ2n) is 12.2. The van der Waals surface area contributed by atoms with Crippen molar-refractivity contribution in [3.8, 4) is 11.8 Å². The van der Waals surface area contributed by atoms with Crippen molar-refractivity contribution in [1.29, 1.82) is 0 Å². The smallest absolute Gasteiger partial charge is 0.335 e. The molecular formula is C32H44N2O11. The molecule has 0 unspecified atom stereocenters. The van der Waals surface area contributed by atoms with Crippen LogP contribution in [0.25, 0.3) is 0 Å². The Labute approximate surface area is 262 Å². The fourth-order valence-corrected chi connectivity index (χ4v) is 5.71. The van der Waals surface area contributed by atoms with Crippen LogP contribution in [0.4, 0.5) is 0 Å². The number of allylic oxidation sites excluding steroid dienone is 2. The Morgan fingerprint density at radius 3 is 2.49 bits per heavy atom. The minimum absolute atomic E-state index is 0.0507. The van der Waals surface area contributed by atoms with Gasteiger partial charge in [0.05, 0.1) is 37.4 Å². The SMILES string of the molecule is CC(=O)O[C@@H](C)C=CC(=O)N[C@@H]1C[C@H](C)[C@H](CC=C(C)C=C[C@H]2O[C@H](CC(=O)On3c(O)ccc3O)C[C@@]3(CO3)[C@@H]2O)O[C@@H]1C. The molecule has 9 atom stereocenters. The molecule has 4 rings (SSSR count). The molecule has 0 radical (unpaired) electrons. The lowest BCUT2D eigenvalue weighted by Gasteiger charge is -2.39. The fraction of sp³-hybridized carbons (Fsp3) is 0.594. The van der Waals surface area contributed by atoms with Gasteiger partial charge in [-0.25, -0.2) is 4.79 Å². The Hall–Kier alpha value is -3.65. The lowest BCUT2D eigenvalue weighted by atomic mass is 9.87. The quantitative estimate of drug-likeness (QED) is 0.122. The number of esters is 1. The second-order valence-corrected chi connectivity index (χ2v) is 12.2. The van der Waals surface area contributed by atoms with E-state index in [-0.39, 0.29) is 36.5 Å². The minimum atomic E-state index is -0.916. The summed E-state index contributed by atoms with van der Waals surface area (Å²) >= 11 is 0. The van der Waals surface area contributed by atoms with E-state index in [0.29, 0.717) is 24.2 Å². The van der Waals surface area contributed by atoms with Gasteiger partial charge in [-0.2, -0.15) is 0 Å². The van der Waals surface area contributed by atoms with Crippen LogP contribution in [0.5, 0.6) is 11.8 Å². The number of amides is 1. The largest absolute Gasteiger partial charge is 0.492 e. The van der Waals surface area contributed by atoms with Crippen LogP contribution in [-0.2, 0) is 33.3 Å². The van der Waals surface area contributed by atoms with Gasteiger partial charge in [-0.15, -0.1) is 4.73 Å². The van der Waals surface area contributed by atoms with Crippen molar-refractivity contribution in [2.24, 2.45) is 5.92 Å². The van der Waals surface area contributed by atoms with E-state index in [9.17, 15) is 29.7 Å². The van der Waals surface area contributed by atoms with E-state index in [1.807, 2.05) is 26.0 Å². The maximum atomic E-state index is 12.5. The summed E-state index contributed by atoms with van der Waals surface area (Å²) in [6.45, 7) is 9.29. The summed E-state index contributed by atoms with van der Waals surface area (Å²) < 4.78 is 23.5. The molecular weight excluding hydrogens is 588 g/mol. The molecule has 3 saturated heterocycles. The van der Waals surface area contributed by atoms with Crippen LogP contribution in [0.1, 0.15) is 60.3 Å². The lowest BCUT2D eigenvalue weighted by Crippen LogP contribution is -2.50. The van der Waals surface area contributed by atoms with Crippen molar-refractivity contribution in [2.75, 3.05) is 6.61 Å². The molecule has 1 amide bonds. The van der Waals surface area contributed by atoms with Crippen LogP contribution >= 0.6 is 0 Å². The molecule has 1 spiro atoms. The number of aromatic hydroxyl groups is 2. The van der Waals surface area contributed by atoms with Crippen molar-refractivity contribution in [3.63, 3.8) is 0 Å². The number of aliphatic hydroxyl groups is 1. The summed E-state index contributed by atoms with van der Waals surface area (Å²) in [6.07, 6.45) is 7.07. The standard InChI is InChI=1S/C32H44N2O11/c1-18(6-9-25-19(2)14-24(21(4)43-25)33-27(36)11-8-20(3)42-22(5)35)7-10-26-31(40)32(17-41-32)16-23(44-26)15-30(39)45-34-28(37)12-13-29(34)38/h6-8,10-13,19-21,23-26,31,37-38,40H,9,14-17H2,1-5H3,(H,33,36)/t19-,20-,21+,23+,24+,25-,26+,31+,32+/m0/s1. The molecule has 3 aliphatic rings. The van der Waals surface area contributed by atoms with E-state index >= 15 is 0 Å². The summed E-state index contributed by atoms with van der Waals surface area (Å²) in [6, 6.07) is 2.22. The highest BCUT2D eigenvalue weighted by atomic mass is 16.7. The highest BCUT2D eigenvalue weighted by Gasteiger charge is 2.58. The third-order valence-electron chi connectivity index (χ3n) is 8.31. The van der Waals surface area contributed by atoms with E-state index < -0.39 is 53.7 Å². The normalized spacial score (nSPS) is 32.5. The zero-order valence-corrected chi connectivity index (χ0v) is 26.3. The summed E-state index contributed by atoms with van der Waals surface area (Å²) in [5, 5.41) is 33.3. The maximum Gasteiger partial charge on any atom is 0.335 e. The zero-order valence-electron chi connectivity index (χ0n) is 26.3. The van der Waals surface area contributed by atoms with Crippen LogP contribution in [0, 0.1) is 5.92 Å². The first kappa shape index (κ1) is 34.2. The predicted molar refractivity (Wildman–Crippen MR) is 160 cm³/mol. The molecule has 4 heterocycles. The first-order chi connectivity index (χ1) is 21.3. The number of carbonyl (C=O) groups excluding carboxylic acids is 3. The molecule has 0 aromatic carbocycles. The number of aromatic nitrogens is 1. The highest BCUT2D eigenvalue weighted by molar-refractivity contribution is 5.87. The van der Waals surface area contributed by atoms with Crippen molar-refractivity contribution in [1.82, 2.24) is 10.0 Å². The highest BCUT2D eigenvalue weighted by Crippen LogP contribution is 2.43. The number of ether oxygens (including phenoxy) is 4. The number of carbonyl (C=O) groups is 3. The molecule has 45 heavy (non-hydrogen) atoms. The van der Waals surface area contributed by atoms with Crippen LogP contribution in [0.2, 0.25) is 0 Å². The molecule has 1 aromatic rings. The summed E-state index contributed by atoms with van der Waals surface area (Å²) in [7, 11) is 0. The van der Waals surface area contributed by atoms with Crippen molar-refractivity contribution >= 4 is 17.8 Å². The van der Waals surface area contributed by atoms with Crippen LogP contribution < -0.4 is 10.2 Å². The average Bonchev–Trinajstić information content (AvgIpc) is 3.67. The van der Waals surface area contributed by atoms with Gasteiger partial charge in [-0.3, -0.25) is 9.59 Å². The van der Waals surface area contributed by atoms with Crippen LogP contribution in [-0.4, -0.2) is 92.8 Å². The van der Waals surface area contributed by atoms with Gasteiger partial charge < -0.3 is 44.4 Å². The topological polar surface area (TPSA) is 178 Å². The number of nitrogens with zero attached hydrogens (tertiary/aromatic N) is 1. The number of nitrogens with one attached hydrogen (secondary N) is 1. The first-order valence-electron chi connectivity index (χ1n) is 15.2. The fourth-order valence-electron chi connectivity index (χ4n) is 5.71. The summed E-state index contributed by atoms with van der Waals surface area (Å²) in [5.74, 6) is -2.07. The van der Waals surface area contributed by atoms with Gasteiger partial charge in [-0.05, 0) is 45.6 Å². The third-order valence-corrected chi connectivity index (χ3v) is 8.31. The van der Waals surface area contributed by atoms with Gasteiger partial charge in [-0.1, -0.05) is 30.7 Å². The number of epoxide rings is 1. The molecule has 3 aliphatic heterocycles. The van der Waals surface area contributed by atoms with E-state index in [1.54, 1.807) is 13.0 Å². The van der Waals surface area contributed by atoms with Crippen molar-refractivity contribution in [2.45, 2.75) is 109 Å². The van der Waals surface area contributed by atoms with Crippen molar-refractivity contribution < 1.29 is 53.5 Å². The molecule has 0 bridgehead atoms. The average molecular weight is 633 g/mol. The number of hydrogen-bond donors (Lipinski definition) is 4. The van der Waals surface area contributed by atoms with Gasteiger partial charge in [0.1, 0.15) is 23.9 Å². The van der Waals surface area contributed by atoms with Gasteiger partial charge in [0, 0.05) is 31.6 Å². The molecule has 0 saturated carbocycles. The van der Waals surface area contributed by atoms with Crippen molar-refractivity contribution in [3.05, 3.63) is 48.1 Å². The van der Waals surface area contributed by atoms with Crippen LogP contribution in [0.15, 0.2) is 48.1 Å². The Bertz CT molecular complexity index is 1290. The Kier molecular flexibility index (Phi) is 11.1. The second kappa shape index (κ2) is 14.6. The first-order valence-corrected chi connectivity index (χ1v) is 15.2. The number of rotatable bonds is 11. The Balaban J connectivity index is 1.27. The van der Waals surface area contributed by atoms with Gasteiger partial charge in [0.25, 0.3) is 0 Å². The lowest BCUT2D eigenvalue weighted by molar-refractivity contribution is -0.161. The zero-order chi connectivity index (χ0) is 32.9. The van der Waals surface area contributed by atoms with Gasteiger partial charge in [0.15, 0.2) is 0 Å². The summed E-state index contributed by atoms with van der Waals surface area (Å²) in [4.78, 5) is 41.0. The van der Waals surface area contributed by atoms with E-state index in [0.717, 1.165) is 12.0 Å². The molecule has 4 N–H and O–H groups in total. The minimum Gasteiger partial charge on any atom is -0.492 e. The molecule has 13 nitrogen and oxygen atoms in total. The predicted octanol–water partition coefficient (Wildman–Crippen LogP) is 2.23. The van der Waals surface area contributed by atoms with Crippen LogP contribution in [0.3, 0.4) is 0 Å². The van der Waals surface area contributed by atoms with E-state index in [1.165, 1.54) is 31.2 Å². The molecule has 0 aliphatic carbocycles. The Morgan fingerprint density at radius 2 is 1.84 bits per heavy atom. The van der Waals surface area contributed by atoms with E-state index in [4.69, 9.17) is 23.8 Å². The molecule has 3 fully saturated rings. The Morgan fingerprint density at radius 1 is 1.16 bits per heavy atom. The van der Waals surface area contributed by atoms with Gasteiger partial charge >= 0.3 is 11.9 Å². The number of hydrogen-bond acceptors (Lipinski definition) is 11.